The zero-order chi connectivity index (χ0) is 19.8. The van der Waals surface area contributed by atoms with Gasteiger partial charge < -0.3 is 4.74 Å². The highest BCUT2D eigenvalue weighted by Gasteiger charge is 2.41. The van der Waals surface area contributed by atoms with Crippen LogP contribution < -0.4 is 0 Å². The molecule has 4 heterocycles. The van der Waals surface area contributed by atoms with Crippen molar-refractivity contribution >= 4 is 11.4 Å². The molecule has 7 heteroatoms. The molecule has 0 N–H and O–H groups in total. The summed E-state index contributed by atoms with van der Waals surface area (Å²) in [6.07, 6.45) is 6.29. The predicted octanol–water partition coefficient (Wildman–Crippen LogP) is 2.46. The van der Waals surface area contributed by atoms with Crippen LogP contribution in [-0.4, -0.2) is 50.6 Å². The molecule has 0 spiro atoms. The van der Waals surface area contributed by atoms with Crippen molar-refractivity contribution in [3.05, 3.63) is 65.6 Å². The van der Waals surface area contributed by atoms with Crippen molar-refractivity contribution in [3.63, 3.8) is 0 Å². The summed E-state index contributed by atoms with van der Waals surface area (Å²) in [7, 11) is 0. The van der Waals surface area contributed by atoms with Gasteiger partial charge in [-0.15, -0.1) is 0 Å². The van der Waals surface area contributed by atoms with Crippen molar-refractivity contribution in [1.29, 1.82) is 5.26 Å². The minimum Gasteiger partial charge on any atom is -0.378 e. The lowest BCUT2D eigenvalue weighted by Gasteiger charge is -2.48. The molecule has 2 fully saturated rings. The molecule has 5 rings (SSSR count). The van der Waals surface area contributed by atoms with Gasteiger partial charge in [-0.2, -0.15) is 10.4 Å². The zero-order valence-corrected chi connectivity index (χ0v) is 15.9. The number of carbonyl (C=O) groups excluding carboxylic acids is 1. The third kappa shape index (κ3) is 3.31. The van der Waals surface area contributed by atoms with E-state index in [0.717, 1.165) is 19.4 Å². The second kappa shape index (κ2) is 7.39. The van der Waals surface area contributed by atoms with Crippen LogP contribution in [0.4, 0.5) is 0 Å². The van der Waals surface area contributed by atoms with Gasteiger partial charge in [0.05, 0.1) is 25.0 Å². The number of hydrogen-bond donors (Lipinski definition) is 0. The fourth-order valence-electron chi connectivity index (χ4n) is 4.57. The Kier molecular flexibility index (Phi) is 4.58. The third-order valence-electron chi connectivity index (χ3n) is 6.01. The van der Waals surface area contributed by atoms with Gasteiger partial charge in [0.2, 0.25) is 0 Å². The Labute approximate surface area is 168 Å². The standard InChI is InChI=1S/C22H21N5O2/c23-8-17-10-25-27-12-18(9-24-22(17)27)21(28)16-6-19-13-29-14-20(7-16)26(19)11-15-4-2-1-3-5-15/h1-5,9-10,12,16,19-20H,6-7,11,13-14H2. The first-order valence-corrected chi connectivity index (χ1v) is 9.88. The number of fused-ring (bicyclic) bond motifs is 3. The topological polar surface area (TPSA) is 83.5 Å². The van der Waals surface area contributed by atoms with Crippen LogP contribution in [0, 0.1) is 17.2 Å². The molecule has 29 heavy (non-hydrogen) atoms. The van der Waals surface area contributed by atoms with Crippen molar-refractivity contribution < 1.29 is 9.53 Å². The van der Waals surface area contributed by atoms with Gasteiger partial charge >= 0.3 is 0 Å². The summed E-state index contributed by atoms with van der Waals surface area (Å²) in [6.45, 7) is 2.21. The van der Waals surface area contributed by atoms with E-state index in [1.165, 1.54) is 16.3 Å². The van der Waals surface area contributed by atoms with Crippen LogP contribution in [0.25, 0.3) is 5.65 Å². The molecule has 146 valence electrons. The van der Waals surface area contributed by atoms with Crippen LogP contribution in [0.3, 0.4) is 0 Å². The summed E-state index contributed by atoms with van der Waals surface area (Å²) in [5, 5.41) is 13.2. The Hall–Kier alpha value is -3.08. The van der Waals surface area contributed by atoms with E-state index >= 15 is 0 Å². The molecule has 0 aliphatic carbocycles. The van der Waals surface area contributed by atoms with Crippen LogP contribution in [0.1, 0.15) is 34.3 Å². The molecule has 0 radical (unpaired) electrons. The van der Waals surface area contributed by atoms with Gasteiger partial charge in [0, 0.05) is 36.9 Å². The summed E-state index contributed by atoms with van der Waals surface area (Å²) in [5.41, 5.74) is 2.72. The van der Waals surface area contributed by atoms with E-state index in [9.17, 15) is 4.79 Å². The maximum absolute atomic E-state index is 13.2. The zero-order valence-electron chi connectivity index (χ0n) is 15.9. The molecule has 7 nitrogen and oxygen atoms in total. The van der Waals surface area contributed by atoms with Crippen LogP contribution >= 0.6 is 0 Å². The summed E-state index contributed by atoms with van der Waals surface area (Å²) < 4.78 is 7.32. The lowest BCUT2D eigenvalue weighted by molar-refractivity contribution is -0.0872. The quantitative estimate of drug-likeness (QED) is 0.640. The van der Waals surface area contributed by atoms with E-state index in [0.29, 0.717) is 30.0 Å². The van der Waals surface area contributed by atoms with Crippen LogP contribution in [0.5, 0.6) is 0 Å². The third-order valence-corrected chi connectivity index (χ3v) is 6.01. The maximum Gasteiger partial charge on any atom is 0.172 e. The molecule has 2 unspecified atom stereocenters. The fourth-order valence-corrected chi connectivity index (χ4v) is 4.57. The monoisotopic (exact) mass is 387 g/mol. The second-order valence-corrected chi connectivity index (χ2v) is 7.82. The van der Waals surface area contributed by atoms with Crippen LogP contribution in [-0.2, 0) is 11.3 Å². The minimum absolute atomic E-state index is 0.0498. The predicted molar refractivity (Wildman–Crippen MR) is 105 cm³/mol. The molecule has 2 bridgehead atoms. The van der Waals surface area contributed by atoms with E-state index in [1.54, 1.807) is 12.4 Å². The Morgan fingerprint density at radius 1 is 1.17 bits per heavy atom. The lowest BCUT2D eigenvalue weighted by Crippen LogP contribution is -2.57. The normalized spacial score (nSPS) is 24.3. The van der Waals surface area contributed by atoms with Gasteiger partial charge in [0.25, 0.3) is 0 Å². The molecular formula is C22H21N5O2. The van der Waals surface area contributed by atoms with Gasteiger partial charge in [-0.25, -0.2) is 9.50 Å². The molecular weight excluding hydrogens is 366 g/mol. The van der Waals surface area contributed by atoms with Gasteiger partial charge in [-0.05, 0) is 18.4 Å². The smallest absolute Gasteiger partial charge is 0.172 e. The van der Waals surface area contributed by atoms with Crippen LogP contribution in [0.2, 0.25) is 0 Å². The Bertz CT molecular complexity index is 1070. The largest absolute Gasteiger partial charge is 0.378 e. The first-order valence-electron chi connectivity index (χ1n) is 9.88. The molecule has 2 aromatic heterocycles. The number of Topliss-reactive ketones (excluding diaryl/α,β-unsaturated/α-hetero) is 1. The van der Waals surface area contributed by atoms with Gasteiger partial charge in [0.1, 0.15) is 11.6 Å². The first-order chi connectivity index (χ1) is 14.2. The van der Waals surface area contributed by atoms with E-state index in [4.69, 9.17) is 10.00 Å². The summed E-state index contributed by atoms with van der Waals surface area (Å²) in [4.78, 5) is 20.0. The average molecular weight is 387 g/mol. The van der Waals surface area contributed by atoms with E-state index < -0.39 is 0 Å². The molecule has 0 amide bonds. The Balaban J connectivity index is 1.35. The average Bonchev–Trinajstić information content (AvgIpc) is 3.16. The van der Waals surface area contributed by atoms with Crippen molar-refractivity contribution in [1.82, 2.24) is 19.5 Å². The highest BCUT2D eigenvalue weighted by molar-refractivity contribution is 5.97. The first kappa shape index (κ1) is 18.0. The van der Waals surface area contributed by atoms with E-state index in [2.05, 4.69) is 45.3 Å². The van der Waals surface area contributed by atoms with Crippen molar-refractivity contribution in [2.75, 3.05) is 13.2 Å². The minimum atomic E-state index is -0.0498. The number of ketones is 1. The summed E-state index contributed by atoms with van der Waals surface area (Å²) >= 11 is 0. The van der Waals surface area contributed by atoms with E-state index in [1.807, 2.05) is 6.07 Å². The number of piperidine rings is 1. The molecule has 3 aromatic rings. The summed E-state index contributed by atoms with van der Waals surface area (Å²) in [6, 6.07) is 13.0. The van der Waals surface area contributed by atoms with Crippen molar-refractivity contribution in [2.45, 2.75) is 31.5 Å². The number of carbonyl (C=O) groups is 1. The summed E-state index contributed by atoms with van der Waals surface area (Å²) in [5.74, 6) is 0.0517. The number of hydrogen-bond acceptors (Lipinski definition) is 6. The molecule has 0 saturated carbocycles. The number of nitrogens with zero attached hydrogens (tertiary/aromatic N) is 5. The highest BCUT2D eigenvalue weighted by atomic mass is 16.5. The second-order valence-electron chi connectivity index (χ2n) is 7.82. The molecule has 2 aliphatic rings. The van der Waals surface area contributed by atoms with Gasteiger partial charge in [0.15, 0.2) is 11.4 Å². The molecule has 2 atom stereocenters. The van der Waals surface area contributed by atoms with Crippen molar-refractivity contribution in [2.24, 2.45) is 5.92 Å². The number of nitriles is 1. The van der Waals surface area contributed by atoms with Crippen molar-refractivity contribution in [3.8, 4) is 6.07 Å². The highest BCUT2D eigenvalue weighted by Crippen LogP contribution is 2.34. The van der Waals surface area contributed by atoms with Gasteiger partial charge in [-0.3, -0.25) is 9.69 Å². The maximum atomic E-state index is 13.2. The molecule has 2 saturated heterocycles. The molecule has 1 aromatic carbocycles. The van der Waals surface area contributed by atoms with Gasteiger partial charge in [-0.1, -0.05) is 30.3 Å². The SMILES string of the molecule is N#Cc1cnn2cc(C(=O)C3CC4COCC(C3)N4Cc3ccccc3)cnc12. The van der Waals surface area contributed by atoms with Crippen LogP contribution in [0.15, 0.2) is 48.9 Å². The number of morpholine rings is 1. The lowest BCUT2D eigenvalue weighted by atomic mass is 9.81. The fraction of sp³-hybridized carbons (Fsp3) is 0.364. The number of ether oxygens (including phenoxy) is 1. The Morgan fingerprint density at radius 3 is 2.66 bits per heavy atom. The number of rotatable bonds is 4. The number of benzene rings is 1. The molecule has 2 aliphatic heterocycles. The van der Waals surface area contributed by atoms with E-state index in [-0.39, 0.29) is 23.8 Å². The number of aromatic nitrogens is 3. The Morgan fingerprint density at radius 2 is 1.93 bits per heavy atom.